The third-order valence-corrected chi connectivity index (χ3v) is 6.29. The lowest BCUT2D eigenvalue weighted by Crippen LogP contribution is -2.36. The van der Waals surface area contributed by atoms with E-state index in [9.17, 15) is 9.00 Å². The molecule has 1 aliphatic rings. The van der Waals surface area contributed by atoms with Crippen molar-refractivity contribution >= 4 is 17.1 Å². The van der Waals surface area contributed by atoms with Gasteiger partial charge >= 0.3 is 6.09 Å². The minimum absolute atomic E-state index is 0.0363. The molecule has 170 valence electrons. The second-order valence-electron chi connectivity index (χ2n) is 7.74. The SMILES string of the molecule is COc1ccc(S(=O)N(CCCNC(=O)O[C@H]2COC[C@H]2CCO)CC(C)C)cc1. The van der Waals surface area contributed by atoms with Gasteiger partial charge in [-0.25, -0.2) is 13.3 Å². The Kier molecular flexibility index (Phi) is 10.6. The summed E-state index contributed by atoms with van der Waals surface area (Å²) in [5.74, 6) is 1.12. The Morgan fingerprint density at radius 1 is 1.33 bits per heavy atom. The molecule has 0 saturated carbocycles. The fraction of sp³-hybridized carbons (Fsp3) is 0.667. The Bertz CT molecular complexity index is 670. The topological polar surface area (TPSA) is 97.3 Å². The van der Waals surface area contributed by atoms with Crippen molar-refractivity contribution in [3.63, 3.8) is 0 Å². The van der Waals surface area contributed by atoms with Gasteiger partial charge < -0.3 is 24.6 Å². The summed E-state index contributed by atoms with van der Waals surface area (Å²) in [6.45, 7) is 6.77. The number of hydrogen-bond donors (Lipinski definition) is 2. The van der Waals surface area contributed by atoms with Crippen molar-refractivity contribution < 1.29 is 28.3 Å². The summed E-state index contributed by atoms with van der Waals surface area (Å²) in [5, 5.41) is 11.8. The zero-order valence-electron chi connectivity index (χ0n) is 18.0. The minimum atomic E-state index is -1.28. The number of rotatable bonds is 12. The number of aliphatic hydroxyl groups excluding tert-OH is 1. The normalized spacial score (nSPS) is 19.8. The fourth-order valence-electron chi connectivity index (χ4n) is 3.26. The van der Waals surface area contributed by atoms with Crippen molar-refractivity contribution in [2.45, 2.75) is 37.7 Å². The first-order valence-electron chi connectivity index (χ1n) is 10.4. The third-order valence-electron chi connectivity index (χ3n) is 4.82. The first-order valence-corrected chi connectivity index (χ1v) is 11.5. The predicted octanol–water partition coefficient (Wildman–Crippen LogP) is 2.19. The van der Waals surface area contributed by atoms with Gasteiger partial charge in [-0.15, -0.1) is 0 Å². The Morgan fingerprint density at radius 2 is 2.07 bits per heavy atom. The van der Waals surface area contributed by atoms with Gasteiger partial charge in [0, 0.05) is 32.2 Å². The average molecular weight is 443 g/mol. The maximum absolute atomic E-state index is 13.0. The van der Waals surface area contributed by atoms with Crippen LogP contribution in [0.5, 0.6) is 5.75 Å². The van der Waals surface area contributed by atoms with Gasteiger partial charge in [0.15, 0.2) is 0 Å². The number of aliphatic hydroxyl groups is 1. The summed E-state index contributed by atoms with van der Waals surface area (Å²) in [4.78, 5) is 12.8. The Hall–Kier alpha value is -1.68. The highest BCUT2D eigenvalue weighted by atomic mass is 32.2. The van der Waals surface area contributed by atoms with Gasteiger partial charge in [-0.1, -0.05) is 13.8 Å². The molecule has 1 aromatic rings. The first-order chi connectivity index (χ1) is 14.4. The smallest absolute Gasteiger partial charge is 0.407 e. The first kappa shape index (κ1) is 24.6. The van der Waals surface area contributed by atoms with E-state index in [4.69, 9.17) is 19.3 Å². The second-order valence-corrected chi connectivity index (χ2v) is 9.23. The van der Waals surface area contributed by atoms with E-state index in [0.717, 1.165) is 10.6 Å². The molecule has 8 nitrogen and oxygen atoms in total. The molecule has 2 rings (SSSR count). The molecule has 0 bridgehead atoms. The summed E-state index contributed by atoms with van der Waals surface area (Å²) < 4.78 is 30.8. The van der Waals surface area contributed by atoms with Gasteiger partial charge in [-0.2, -0.15) is 0 Å². The van der Waals surface area contributed by atoms with Gasteiger partial charge in [0.25, 0.3) is 0 Å². The van der Waals surface area contributed by atoms with E-state index in [0.29, 0.717) is 51.6 Å². The number of nitrogens with zero attached hydrogens (tertiary/aromatic N) is 1. The van der Waals surface area contributed by atoms with Crippen molar-refractivity contribution in [2.24, 2.45) is 11.8 Å². The molecule has 2 N–H and O–H groups in total. The lowest BCUT2D eigenvalue weighted by atomic mass is 10.0. The van der Waals surface area contributed by atoms with Crippen LogP contribution in [0.15, 0.2) is 29.2 Å². The molecular weight excluding hydrogens is 408 g/mol. The molecule has 1 unspecified atom stereocenters. The number of methoxy groups -OCH3 is 1. The molecule has 30 heavy (non-hydrogen) atoms. The van der Waals surface area contributed by atoms with Crippen molar-refractivity contribution in [1.29, 1.82) is 0 Å². The standard InChI is InChI=1S/C21H34N2O6S/c1-16(2)13-23(30(26)19-7-5-18(27-3)6-8-19)11-4-10-22-21(25)29-20-15-28-14-17(20)9-12-24/h5-8,16-17,20,24H,4,9-15H2,1-3H3,(H,22,25)/t17-,20+,30?/m1/s1. The maximum Gasteiger partial charge on any atom is 0.407 e. The number of carbonyl (C=O) groups excluding carboxylic acids is 1. The number of carbonyl (C=O) groups is 1. The number of alkyl carbamates (subject to hydrolysis) is 1. The molecule has 0 aliphatic carbocycles. The Balaban J connectivity index is 1.79. The van der Waals surface area contributed by atoms with Gasteiger partial charge in [-0.3, -0.25) is 0 Å². The summed E-state index contributed by atoms with van der Waals surface area (Å²) in [6, 6.07) is 7.22. The largest absolute Gasteiger partial charge is 0.497 e. The van der Waals surface area contributed by atoms with Crippen LogP contribution >= 0.6 is 0 Å². The van der Waals surface area contributed by atoms with Gasteiger partial charge in [0.2, 0.25) is 0 Å². The monoisotopic (exact) mass is 442 g/mol. The van der Waals surface area contributed by atoms with E-state index in [1.807, 2.05) is 16.4 Å². The van der Waals surface area contributed by atoms with E-state index < -0.39 is 17.1 Å². The highest BCUT2D eigenvalue weighted by molar-refractivity contribution is 7.82. The molecule has 0 radical (unpaired) electrons. The van der Waals surface area contributed by atoms with Gasteiger partial charge in [-0.05, 0) is 43.0 Å². The molecular formula is C21H34N2O6S. The lowest BCUT2D eigenvalue weighted by molar-refractivity contribution is 0.0672. The van der Waals surface area contributed by atoms with Crippen LogP contribution < -0.4 is 10.1 Å². The molecule has 1 saturated heterocycles. The zero-order chi connectivity index (χ0) is 21.9. The molecule has 9 heteroatoms. The number of nitrogens with one attached hydrogen (secondary N) is 1. The van der Waals surface area contributed by atoms with Crippen molar-refractivity contribution in [3.05, 3.63) is 24.3 Å². The van der Waals surface area contributed by atoms with E-state index in [1.54, 1.807) is 19.2 Å². The number of benzene rings is 1. The molecule has 3 atom stereocenters. The third kappa shape index (κ3) is 7.86. The molecule has 0 aromatic heterocycles. The van der Waals surface area contributed by atoms with Crippen LogP contribution in [0.25, 0.3) is 0 Å². The molecule has 1 aliphatic heterocycles. The summed E-state index contributed by atoms with van der Waals surface area (Å²) >= 11 is 0. The van der Waals surface area contributed by atoms with E-state index in [-0.39, 0.29) is 18.6 Å². The Morgan fingerprint density at radius 3 is 2.70 bits per heavy atom. The average Bonchev–Trinajstić information content (AvgIpc) is 3.16. The number of ether oxygens (including phenoxy) is 3. The minimum Gasteiger partial charge on any atom is -0.497 e. The van der Waals surface area contributed by atoms with Crippen LogP contribution in [0, 0.1) is 11.8 Å². The van der Waals surface area contributed by atoms with Crippen molar-refractivity contribution in [1.82, 2.24) is 9.62 Å². The van der Waals surface area contributed by atoms with Gasteiger partial charge in [0.05, 0.1) is 25.2 Å². The second kappa shape index (κ2) is 12.9. The van der Waals surface area contributed by atoms with Crippen LogP contribution in [-0.2, 0) is 20.5 Å². The highest BCUT2D eigenvalue weighted by Crippen LogP contribution is 2.20. The fourth-order valence-corrected chi connectivity index (χ4v) is 4.66. The van der Waals surface area contributed by atoms with Crippen LogP contribution in [0.2, 0.25) is 0 Å². The van der Waals surface area contributed by atoms with Crippen LogP contribution in [-0.4, -0.2) is 72.4 Å². The number of hydrogen-bond acceptors (Lipinski definition) is 6. The van der Waals surface area contributed by atoms with E-state index in [2.05, 4.69) is 19.2 Å². The molecule has 1 aromatic carbocycles. The zero-order valence-corrected chi connectivity index (χ0v) is 18.9. The lowest BCUT2D eigenvalue weighted by Gasteiger charge is -2.23. The van der Waals surface area contributed by atoms with Crippen molar-refractivity contribution in [3.8, 4) is 5.75 Å². The molecule has 1 heterocycles. The van der Waals surface area contributed by atoms with Gasteiger partial charge in [0.1, 0.15) is 22.8 Å². The summed E-state index contributed by atoms with van der Waals surface area (Å²) in [7, 11) is 0.315. The van der Waals surface area contributed by atoms with Crippen LogP contribution in [0.3, 0.4) is 0 Å². The molecule has 0 spiro atoms. The summed E-state index contributed by atoms with van der Waals surface area (Å²) in [5.41, 5.74) is 0. The molecule has 1 amide bonds. The number of amides is 1. The van der Waals surface area contributed by atoms with E-state index >= 15 is 0 Å². The van der Waals surface area contributed by atoms with Crippen LogP contribution in [0.4, 0.5) is 4.79 Å². The quantitative estimate of drug-likeness (QED) is 0.482. The summed E-state index contributed by atoms with van der Waals surface area (Å²) in [6.07, 6.45) is 0.391. The van der Waals surface area contributed by atoms with E-state index in [1.165, 1.54) is 0 Å². The van der Waals surface area contributed by atoms with Crippen LogP contribution in [0.1, 0.15) is 26.7 Å². The Labute approximate surface area is 181 Å². The van der Waals surface area contributed by atoms with Crippen molar-refractivity contribution in [2.75, 3.05) is 46.6 Å². The predicted molar refractivity (Wildman–Crippen MR) is 115 cm³/mol. The molecule has 1 fully saturated rings. The highest BCUT2D eigenvalue weighted by Gasteiger charge is 2.31. The maximum atomic E-state index is 13.0.